The van der Waals surface area contributed by atoms with Crippen molar-refractivity contribution in [2.45, 2.75) is 30.6 Å². The Morgan fingerprint density at radius 3 is 1.77 bits per heavy atom. The van der Waals surface area contributed by atoms with Crippen molar-refractivity contribution < 1.29 is 8.83 Å². The summed E-state index contributed by atoms with van der Waals surface area (Å²) in [5.41, 5.74) is 23.7. The Balaban J connectivity index is 0.934. The van der Waals surface area contributed by atoms with Crippen molar-refractivity contribution in [3.05, 3.63) is 311 Å². The Labute approximate surface area is 467 Å². The average molecular weight is 1040 g/mol. The van der Waals surface area contributed by atoms with Crippen molar-refractivity contribution in [1.82, 2.24) is 0 Å². The molecule has 17 rings (SSSR count). The van der Waals surface area contributed by atoms with Gasteiger partial charge in [0, 0.05) is 58.6 Å². The van der Waals surface area contributed by atoms with E-state index in [1.165, 1.54) is 104 Å². The van der Waals surface area contributed by atoms with Crippen molar-refractivity contribution >= 4 is 75.4 Å². The molecule has 3 heterocycles. The van der Waals surface area contributed by atoms with Crippen molar-refractivity contribution in [2.24, 2.45) is 0 Å². The van der Waals surface area contributed by atoms with Crippen molar-refractivity contribution in [2.75, 3.05) is 0 Å². The maximum atomic E-state index is 7.55. The van der Waals surface area contributed by atoms with Crippen LogP contribution in [0.4, 0.5) is 0 Å². The molecule has 12 aromatic carbocycles. The minimum atomic E-state index is -0.573. The third-order valence-corrected chi connectivity index (χ3v) is 19.3. The molecular weight excluding hydrogens is 989 g/mol. The summed E-state index contributed by atoms with van der Waals surface area (Å²) in [6.45, 7) is 4.76. The molecule has 0 bridgehead atoms. The second-order valence-electron chi connectivity index (χ2n) is 22.5. The molecule has 15 aromatic rings. The van der Waals surface area contributed by atoms with E-state index >= 15 is 0 Å². The van der Waals surface area contributed by atoms with Crippen LogP contribution >= 0.6 is 11.3 Å². The first kappa shape index (κ1) is 45.5. The molecule has 0 amide bonds. The second kappa shape index (κ2) is 17.0. The molecule has 0 spiro atoms. The lowest BCUT2D eigenvalue weighted by Gasteiger charge is -2.34. The lowest BCUT2D eigenvalue weighted by atomic mass is 9.67. The van der Waals surface area contributed by atoms with Gasteiger partial charge in [0.15, 0.2) is 0 Å². The molecule has 80 heavy (non-hydrogen) atoms. The Morgan fingerprint density at radius 1 is 0.362 bits per heavy atom. The second-order valence-corrected chi connectivity index (χ2v) is 23.5. The molecular formula is C77H50O2S. The van der Waals surface area contributed by atoms with Crippen LogP contribution in [0.15, 0.2) is 270 Å². The van der Waals surface area contributed by atoms with Crippen LogP contribution in [0.3, 0.4) is 0 Å². The van der Waals surface area contributed by atoms with Gasteiger partial charge in [0.1, 0.15) is 22.3 Å². The monoisotopic (exact) mass is 1040 g/mol. The Morgan fingerprint density at radius 2 is 0.963 bits per heavy atom. The van der Waals surface area contributed by atoms with Gasteiger partial charge >= 0.3 is 0 Å². The zero-order valence-electron chi connectivity index (χ0n) is 44.1. The summed E-state index contributed by atoms with van der Waals surface area (Å²) < 4.78 is 17.2. The van der Waals surface area contributed by atoms with Crippen LogP contribution in [0.2, 0.25) is 0 Å². The molecule has 1 unspecified atom stereocenters. The zero-order chi connectivity index (χ0) is 52.8. The van der Waals surface area contributed by atoms with Gasteiger partial charge in [-0.15, -0.1) is 11.3 Å². The molecule has 0 N–H and O–H groups in total. The summed E-state index contributed by atoms with van der Waals surface area (Å²) in [5.74, 6) is -0.154. The predicted octanol–water partition coefficient (Wildman–Crippen LogP) is 21.0. The van der Waals surface area contributed by atoms with E-state index in [9.17, 15) is 0 Å². The van der Waals surface area contributed by atoms with Gasteiger partial charge in [-0.05, 0) is 113 Å². The maximum Gasteiger partial charge on any atom is 0.144 e. The van der Waals surface area contributed by atoms with Gasteiger partial charge in [-0.25, -0.2) is 0 Å². The topological polar surface area (TPSA) is 26.3 Å². The summed E-state index contributed by atoms with van der Waals surface area (Å²) in [5, 5.41) is 6.86. The number of hydrogen-bond donors (Lipinski definition) is 0. The Hall–Kier alpha value is -9.54. The molecule has 3 aromatic heterocycles. The summed E-state index contributed by atoms with van der Waals surface area (Å²) in [4.78, 5) is 0. The molecule has 1 atom stereocenters. The van der Waals surface area contributed by atoms with E-state index in [0.717, 1.165) is 55.0 Å². The molecule has 376 valence electrons. The van der Waals surface area contributed by atoms with Crippen LogP contribution in [0.25, 0.3) is 109 Å². The van der Waals surface area contributed by atoms with Crippen LogP contribution in [0.1, 0.15) is 69.8 Å². The SMILES string of the molecule is CC1(C)c2ccccc2-c2ccc(C(c3ccc(-c4cccc5c4sc4ccccc45)cc3)c3cccc4oc5c(-c6cccc7c6-c6ccccc6C7(c6ccccc6)c6ccccc6)c6c(cc5c34)oc3ccccc36)cc21. The summed E-state index contributed by atoms with van der Waals surface area (Å²) >= 11 is 1.88. The van der Waals surface area contributed by atoms with Crippen molar-refractivity contribution in [3.8, 4) is 44.5 Å². The van der Waals surface area contributed by atoms with E-state index in [-0.39, 0.29) is 11.3 Å². The highest BCUT2D eigenvalue weighted by atomic mass is 32.1. The number of benzene rings is 12. The lowest BCUT2D eigenvalue weighted by molar-refractivity contribution is 0.658. The number of hydrogen-bond acceptors (Lipinski definition) is 3. The van der Waals surface area contributed by atoms with Crippen LogP contribution in [0.5, 0.6) is 0 Å². The molecule has 0 fully saturated rings. The van der Waals surface area contributed by atoms with Gasteiger partial charge in [0.25, 0.3) is 0 Å². The first-order valence-electron chi connectivity index (χ1n) is 27.8. The zero-order valence-corrected chi connectivity index (χ0v) is 44.9. The molecule has 0 radical (unpaired) electrons. The minimum Gasteiger partial charge on any atom is -0.456 e. The number of fused-ring (bicyclic) bond motifs is 15. The summed E-state index contributed by atoms with van der Waals surface area (Å²) in [6.07, 6.45) is 0. The van der Waals surface area contributed by atoms with Gasteiger partial charge in [-0.2, -0.15) is 0 Å². The van der Waals surface area contributed by atoms with E-state index in [4.69, 9.17) is 8.83 Å². The van der Waals surface area contributed by atoms with Gasteiger partial charge in [0.05, 0.1) is 5.41 Å². The molecule has 2 aliphatic rings. The molecule has 0 saturated heterocycles. The predicted molar refractivity (Wildman–Crippen MR) is 333 cm³/mol. The standard InChI is InChI=1S/C77H50O2S/c1-76(2)61-32-13-9-24-52(61)53-43-42-48(44-64(53)76)69(47-40-38-46(39-41-47)51-28-17-29-55-54-25-12-16-37-68(54)80-75(51)55)58-31-19-36-66-71(58)60-45-67-72(57-27-11-15-35-65(57)78-67)73(74(60)79-66)59-30-18-34-63-70(59)56-26-10-14-33-62(56)77(63,49-20-5-3-6-21-49)50-22-7-4-8-23-50/h3-45,69H,1-2H3. The molecule has 2 aliphatic carbocycles. The third-order valence-electron chi connectivity index (χ3n) is 18.1. The number of furan rings is 2. The van der Waals surface area contributed by atoms with Crippen LogP contribution < -0.4 is 0 Å². The minimum absolute atomic E-state index is 0.154. The molecule has 0 saturated carbocycles. The average Bonchev–Trinajstić information content (AvgIpc) is 4.48. The van der Waals surface area contributed by atoms with E-state index in [1.807, 2.05) is 11.3 Å². The number of para-hydroxylation sites is 1. The maximum absolute atomic E-state index is 7.55. The fourth-order valence-corrected chi connectivity index (χ4v) is 15.9. The van der Waals surface area contributed by atoms with E-state index in [0.29, 0.717) is 0 Å². The largest absolute Gasteiger partial charge is 0.456 e. The van der Waals surface area contributed by atoms with Crippen LogP contribution in [-0.2, 0) is 10.8 Å². The van der Waals surface area contributed by atoms with Crippen molar-refractivity contribution in [3.63, 3.8) is 0 Å². The number of thiophene rings is 1. The normalized spacial score (nSPS) is 14.3. The van der Waals surface area contributed by atoms with Gasteiger partial charge in [-0.3, -0.25) is 0 Å². The van der Waals surface area contributed by atoms with Crippen LogP contribution in [-0.4, -0.2) is 0 Å². The van der Waals surface area contributed by atoms with Gasteiger partial charge in [0.2, 0.25) is 0 Å². The molecule has 3 heteroatoms. The molecule has 2 nitrogen and oxygen atoms in total. The highest BCUT2D eigenvalue weighted by Crippen LogP contribution is 2.60. The Bertz CT molecular complexity index is 4990. The fourth-order valence-electron chi connectivity index (χ4n) is 14.7. The van der Waals surface area contributed by atoms with Crippen LogP contribution in [0, 0.1) is 0 Å². The highest BCUT2D eigenvalue weighted by Gasteiger charge is 2.47. The quantitative estimate of drug-likeness (QED) is 0.149. The smallest absolute Gasteiger partial charge is 0.144 e. The summed E-state index contributed by atoms with van der Waals surface area (Å²) in [7, 11) is 0. The molecule has 0 aliphatic heterocycles. The Kier molecular flexibility index (Phi) is 9.65. The number of rotatable bonds is 7. The van der Waals surface area contributed by atoms with Gasteiger partial charge in [-0.1, -0.05) is 250 Å². The first-order valence-corrected chi connectivity index (χ1v) is 28.7. The highest BCUT2D eigenvalue weighted by molar-refractivity contribution is 7.26. The van der Waals surface area contributed by atoms with E-state index in [2.05, 4.69) is 275 Å². The fraction of sp³-hybridized carbons (Fsp3) is 0.0649. The van der Waals surface area contributed by atoms with E-state index in [1.54, 1.807) is 0 Å². The first-order chi connectivity index (χ1) is 39.4. The van der Waals surface area contributed by atoms with Gasteiger partial charge < -0.3 is 8.83 Å². The van der Waals surface area contributed by atoms with E-state index < -0.39 is 5.41 Å². The summed E-state index contributed by atoms with van der Waals surface area (Å²) in [6, 6.07) is 96.8. The van der Waals surface area contributed by atoms with Crippen molar-refractivity contribution in [1.29, 1.82) is 0 Å². The lowest BCUT2D eigenvalue weighted by Crippen LogP contribution is -2.28. The third kappa shape index (κ3) is 6.24.